The number of hydrogen-bond donors (Lipinski definition) is 0. The number of nitro groups is 1. The van der Waals surface area contributed by atoms with Gasteiger partial charge in [-0.25, -0.2) is 4.39 Å². The van der Waals surface area contributed by atoms with Crippen LogP contribution in [0.2, 0.25) is 10.0 Å². The second-order valence-electron chi connectivity index (χ2n) is 3.98. The highest BCUT2D eigenvalue weighted by atomic mass is 79.9. The molecule has 0 saturated carbocycles. The lowest BCUT2D eigenvalue weighted by molar-refractivity contribution is -0.385. The van der Waals surface area contributed by atoms with Crippen LogP contribution >= 0.6 is 39.1 Å². The lowest BCUT2D eigenvalue weighted by Gasteiger charge is -2.11. The van der Waals surface area contributed by atoms with Crippen molar-refractivity contribution in [1.82, 2.24) is 0 Å². The molecule has 0 bridgehead atoms. The van der Waals surface area contributed by atoms with Crippen LogP contribution in [0.3, 0.4) is 0 Å². The fraction of sp³-hybridized carbons (Fsp3) is 0.0769. The smallest absolute Gasteiger partial charge is 0.313 e. The van der Waals surface area contributed by atoms with Crippen LogP contribution in [0, 0.1) is 15.9 Å². The Morgan fingerprint density at radius 2 is 1.86 bits per heavy atom. The maximum absolute atomic E-state index is 13.2. The largest absolute Gasteiger partial charge is 0.450 e. The van der Waals surface area contributed by atoms with Crippen LogP contribution in [0.1, 0.15) is 5.56 Å². The van der Waals surface area contributed by atoms with Gasteiger partial charge in [-0.2, -0.15) is 0 Å². The molecule has 4 nitrogen and oxygen atoms in total. The van der Waals surface area contributed by atoms with Crippen molar-refractivity contribution in [2.24, 2.45) is 0 Å². The first kappa shape index (κ1) is 16.0. The van der Waals surface area contributed by atoms with E-state index in [1.54, 1.807) is 0 Å². The second-order valence-corrected chi connectivity index (χ2v) is 5.35. The molecule has 0 heterocycles. The SMILES string of the molecule is O=[N+]([O-])c1cc(Cl)c(Cl)cc1Oc1ccc(F)cc1CBr. The first-order chi connectivity index (χ1) is 9.92. The third kappa shape index (κ3) is 3.64. The molecule has 2 aromatic rings. The molecule has 8 heteroatoms. The summed E-state index contributed by atoms with van der Waals surface area (Å²) in [5, 5.41) is 11.5. The summed E-state index contributed by atoms with van der Waals surface area (Å²) in [6.45, 7) is 0. The van der Waals surface area contributed by atoms with Gasteiger partial charge in [-0.1, -0.05) is 39.1 Å². The van der Waals surface area contributed by atoms with E-state index in [-0.39, 0.29) is 27.2 Å². The molecule has 0 fully saturated rings. The Morgan fingerprint density at radius 1 is 1.19 bits per heavy atom. The second kappa shape index (κ2) is 6.60. The van der Waals surface area contributed by atoms with Gasteiger partial charge in [0, 0.05) is 23.0 Å². The fourth-order valence-electron chi connectivity index (χ4n) is 1.61. The van der Waals surface area contributed by atoms with Gasteiger partial charge in [0.25, 0.3) is 0 Å². The van der Waals surface area contributed by atoms with Crippen molar-refractivity contribution < 1.29 is 14.1 Å². The summed E-state index contributed by atoms with van der Waals surface area (Å²) in [7, 11) is 0. The van der Waals surface area contributed by atoms with Crippen LogP contribution in [0.15, 0.2) is 30.3 Å². The molecule has 110 valence electrons. The highest BCUT2D eigenvalue weighted by Crippen LogP contribution is 2.39. The number of nitrogens with zero attached hydrogens (tertiary/aromatic N) is 1. The van der Waals surface area contributed by atoms with Crippen molar-refractivity contribution in [3.05, 3.63) is 61.9 Å². The zero-order chi connectivity index (χ0) is 15.6. The molecule has 0 radical (unpaired) electrons. The molecule has 2 aromatic carbocycles. The van der Waals surface area contributed by atoms with Crippen molar-refractivity contribution in [2.45, 2.75) is 5.33 Å². The normalized spacial score (nSPS) is 10.5. The van der Waals surface area contributed by atoms with E-state index >= 15 is 0 Å². The first-order valence-corrected chi connectivity index (χ1v) is 7.45. The van der Waals surface area contributed by atoms with E-state index in [9.17, 15) is 14.5 Å². The van der Waals surface area contributed by atoms with E-state index < -0.39 is 10.7 Å². The van der Waals surface area contributed by atoms with E-state index in [4.69, 9.17) is 27.9 Å². The Bertz CT molecular complexity index is 712. The summed E-state index contributed by atoms with van der Waals surface area (Å²) in [5.41, 5.74) is 0.185. The maximum atomic E-state index is 13.2. The fourth-order valence-corrected chi connectivity index (χ4v) is 2.36. The van der Waals surface area contributed by atoms with Crippen LogP contribution in [0.4, 0.5) is 10.1 Å². The van der Waals surface area contributed by atoms with Gasteiger partial charge >= 0.3 is 5.69 Å². The topological polar surface area (TPSA) is 52.4 Å². The Labute approximate surface area is 137 Å². The molecule has 0 spiro atoms. The Morgan fingerprint density at radius 3 is 2.48 bits per heavy atom. The zero-order valence-corrected chi connectivity index (χ0v) is 13.4. The van der Waals surface area contributed by atoms with Gasteiger partial charge in [-0.15, -0.1) is 0 Å². The third-order valence-electron chi connectivity index (χ3n) is 2.58. The molecule has 0 aliphatic rings. The lowest BCUT2D eigenvalue weighted by atomic mass is 10.2. The zero-order valence-electron chi connectivity index (χ0n) is 10.3. The summed E-state index contributed by atoms with van der Waals surface area (Å²) in [5.74, 6) is -0.210. The van der Waals surface area contributed by atoms with Gasteiger partial charge in [-0.05, 0) is 18.2 Å². The van der Waals surface area contributed by atoms with Crippen LogP contribution in [-0.2, 0) is 5.33 Å². The van der Waals surface area contributed by atoms with Crippen molar-refractivity contribution in [3.63, 3.8) is 0 Å². The van der Waals surface area contributed by atoms with Crippen molar-refractivity contribution >= 4 is 44.8 Å². The van der Waals surface area contributed by atoms with E-state index in [0.717, 1.165) is 6.07 Å². The standard InChI is InChI=1S/C13H7BrCl2FNO3/c14-6-7-3-8(17)1-2-12(7)21-13-5-10(16)9(15)4-11(13)18(19)20/h1-5H,6H2. The van der Waals surface area contributed by atoms with Gasteiger partial charge < -0.3 is 4.74 Å². The highest BCUT2D eigenvalue weighted by Gasteiger charge is 2.20. The number of ether oxygens (including phenoxy) is 1. The molecule has 21 heavy (non-hydrogen) atoms. The first-order valence-electron chi connectivity index (χ1n) is 5.58. The summed E-state index contributed by atoms with van der Waals surface area (Å²) < 4.78 is 18.7. The summed E-state index contributed by atoms with van der Waals surface area (Å²) in [6, 6.07) is 6.22. The number of benzene rings is 2. The number of halogens is 4. The van der Waals surface area contributed by atoms with Crippen molar-refractivity contribution in [3.8, 4) is 11.5 Å². The maximum Gasteiger partial charge on any atom is 0.313 e. The van der Waals surface area contributed by atoms with Gasteiger partial charge in [0.1, 0.15) is 11.6 Å². The van der Waals surface area contributed by atoms with Gasteiger partial charge in [0.05, 0.1) is 15.0 Å². The monoisotopic (exact) mass is 393 g/mol. The van der Waals surface area contributed by atoms with Crippen molar-refractivity contribution in [2.75, 3.05) is 0 Å². The molecular formula is C13H7BrCl2FNO3. The van der Waals surface area contributed by atoms with E-state index in [1.807, 2.05) is 0 Å². The third-order valence-corrected chi connectivity index (χ3v) is 3.91. The molecule has 0 atom stereocenters. The molecule has 0 amide bonds. The van der Waals surface area contributed by atoms with Gasteiger partial charge in [0.2, 0.25) is 5.75 Å². The predicted octanol–water partition coefficient (Wildman–Crippen LogP) is 5.73. The summed E-state index contributed by atoms with van der Waals surface area (Å²) in [4.78, 5) is 10.4. The number of rotatable bonds is 4. The molecule has 0 saturated heterocycles. The molecule has 0 aliphatic carbocycles. The van der Waals surface area contributed by atoms with E-state index in [0.29, 0.717) is 10.9 Å². The number of alkyl halides is 1. The quantitative estimate of drug-likeness (QED) is 0.378. The van der Waals surface area contributed by atoms with E-state index in [1.165, 1.54) is 24.3 Å². The van der Waals surface area contributed by atoms with Crippen molar-refractivity contribution in [1.29, 1.82) is 0 Å². The minimum Gasteiger partial charge on any atom is -0.450 e. The number of nitro benzene ring substituents is 1. The van der Waals surface area contributed by atoms with E-state index in [2.05, 4.69) is 15.9 Å². The lowest BCUT2D eigenvalue weighted by Crippen LogP contribution is -1.96. The van der Waals surface area contributed by atoms with Gasteiger partial charge in [0.15, 0.2) is 0 Å². The molecule has 0 aliphatic heterocycles. The average Bonchev–Trinajstić information content (AvgIpc) is 2.44. The molecule has 0 unspecified atom stereocenters. The Kier molecular flexibility index (Phi) is 5.03. The predicted molar refractivity (Wildman–Crippen MR) is 82.2 cm³/mol. The minimum absolute atomic E-state index is 0.0514. The molecule has 2 rings (SSSR count). The highest BCUT2D eigenvalue weighted by molar-refractivity contribution is 9.08. The summed E-state index contributed by atoms with van der Waals surface area (Å²) in [6.07, 6.45) is 0. The molecule has 0 aromatic heterocycles. The number of hydrogen-bond acceptors (Lipinski definition) is 3. The van der Waals surface area contributed by atoms with Crippen LogP contribution < -0.4 is 4.74 Å². The minimum atomic E-state index is -0.630. The van der Waals surface area contributed by atoms with Gasteiger partial charge in [-0.3, -0.25) is 10.1 Å². The van der Waals surface area contributed by atoms with Crippen LogP contribution in [0.5, 0.6) is 11.5 Å². The van der Waals surface area contributed by atoms with Crippen LogP contribution in [0.25, 0.3) is 0 Å². The average molecular weight is 395 g/mol. The summed E-state index contributed by atoms with van der Waals surface area (Å²) >= 11 is 14.8. The molecule has 0 N–H and O–H groups in total. The Hall–Kier alpha value is -1.37. The van der Waals surface area contributed by atoms with Crippen LogP contribution in [-0.4, -0.2) is 4.92 Å². The molecular weight excluding hydrogens is 388 g/mol. The Balaban J connectivity index is 2.48.